The van der Waals surface area contributed by atoms with E-state index in [0.29, 0.717) is 11.3 Å². The van der Waals surface area contributed by atoms with Crippen LogP contribution in [-0.2, 0) is 10.0 Å². The molecule has 0 spiro atoms. The van der Waals surface area contributed by atoms with Crippen LogP contribution in [0, 0.1) is 13.8 Å². The van der Waals surface area contributed by atoms with Crippen LogP contribution >= 0.6 is 0 Å². The second kappa shape index (κ2) is 6.28. The monoisotopic (exact) mass is 344 g/mol. The van der Waals surface area contributed by atoms with Gasteiger partial charge in [-0.05, 0) is 68.1 Å². The summed E-state index contributed by atoms with van der Waals surface area (Å²) in [6, 6.07) is 11.7. The molecule has 0 aromatic heterocycles. The fourth-order valence-corrected chi connectivity index (χ4v) is 3.47. The summed E-state index contributed by atoms with van der Waals surface area (Å²) in [5.74, 6) is -0.163. The second-order valence-electron chi connectivity index (χ2n) is 6.13. The Morgan fingerprint density at radius 3 is 2.33 bits per heavy atom. The lowest BCUT2D eigenvalue weighted by molar-refractivity contribution is 0.0951. The van der Waals surface area contributed by atoms with Crippen molar-refractivity contribution in [2.75, 3.05) is 4.72 Å². The Morgan fingerprint density at radius 2 is 1.71 bits per heavy atom. The first kappa shape index (κ1) is 16.5. The molecular formula is C18H20N2O3S. The number of benzene rings is 2. The van der Waals surface area contributed by atoms with Crippen LogP contribution in [0.4, 0.5) is 5.69 Å². The van der Waals surface area contributed by atoms with E-state index in [4.69, 9.17) is 0 Å². The topological polar surface area (TPSA) is 75.3 Å². The van der Waals surface area contributed by atoms with Crippen molar-refractivity contribution in [3.63, 3.8) is 0 Å². The van der Waals surface area contributed by atoms with Crippen LogP contribution < -0.4 is 10.0 Å². The fraction of sp³-hybridized carbons (Fsp3) is 0.278. The smallest absolute Gasteiger partial charge is 0.261 e. The van der Waals surface area contributed by atoms with E-state index in [1.54, 1.807) is 6.07 Å². The molecule has 0 heterocycles. The third-order valence-corrected chi connectivity index (χ3v) is 5.57. The highest BCUT2D eigenvalue weighted by Gasteiger charge is 2.24. The summed E-state index contributed by atoms with van der Waals surface area (Å²) < 4.78 is 27.7. The third kappa shape index (κ3) is 3.59. The molecule has 2 aromatic rings. The van der Waals surface area contributed by atoms with E-state index >= 15 is 0 Å². The van der Waals surface area contributed by atoms with E-state index < -0.39 is 10.0 Å². The zero-order valence-electron chi connectivity index (χ0n) is 13.7. The first-order chi connectivity index (χ1) is 11.4. The fourth-order valence-electron chi connectivity index (χ4n) is 2.35. The predicted molar refractivity (Wildman–Crippen MR) is 93.7 cm³/mol. The lowest BCUT2D eigenvalue weighted by Gasteiger charge is -2.12. The Morgan fingerprint density at radius 1 is 1.04 bits per heavy atom. The molecule has 0 saturated heterocycles. The predicted octanol–water partition coefficient (Wildman–Crippen LogP) is 3.00. The second-order valence-corrected chi connectivity index (χ2v) is 7.81. The van der Waals surface area contributed by atoms with Gasteiger partial charge in [-0.1, -0.05) is 12.1 Å². The zero-order valence-corrected chi connectivity index (χ0v) is 14.5. The maximum Gasteiger partial charge on any atom is 0.261 e. The highest BCUT2D eigenvalue weighted by molar-refractivity contribution is 7.92. The van der Waals surface area contributed by atoms with Crippen molar-refractivity contribution in [2.45, 2.75) is 37.6 Å². The highest BCUT2D eigenvalue weighted by atomic mass is 32.2. The Balaban J connectivity index is 1.79. The van der Waals surface area contributed by atoms with Gasteiger partial charge in [-0.25, -0.2) is 8.42 Å². The minimum atomic E-state index is -3.69. The van der Waals surface area contributed by atoms with Crippen LogP contribution in [0.15, 0.2) is 47.4 Å². The largest absolute Gasteiger partial charge is 0.349 e. The van der Waals surface area contributed by atoms with Gasteiger partial charge < -0.3 is 5.32 Å². The van der Waals surface area contributed by atoms with E-state index in [0.717, 1.165) is 24.0 Å². The molecule has 0 unspecified atom stereocenters. The molecule has 126 valence electrons. The molecule has 1 aliphatic carbocycles. The summed E-state index contributed by atoms with van der Waals surface area (Å²) in [7, 11) is -3.69. The van der Waals surface area contributed by atoms with Gasteiger partial charge in [-0.3, -0.25) is 9.52 Å². The SMILES string of the molecule is Cc1cccc(NS(=O)(=O)c2ccc(C(=O)NC3CC3)cc2)c1C. The maximum atomic E-state index is 12.5. The summed E-state index contributed by atoms with van der Waals surface area (Å²) >= 11 is 0. The van der Waals surface area contributed by atoms with Crippen molar-refractivity contribution in [3.8, 4) is 0 Å². The van der Waals surface area contributed by atoms with Crippen LogP contribution in [0.3, 0.4) is 0 Å². The average Bonchev–Trinajstić information content (AvgIpc) is 3.36. The molecule has 6 heteroatoms. The molecule has 1 aliphatic rings. The molecule has 0 bridgehead atoms. The van der Waals surface area contributed by atoms with Crippen molar-refractivity contribution < 1.29 is 13.2 Å². The molecule has 2 N–H and O–H groups in total. The number of sulfonamides is 1. The van der Waals surface area contributed by atoms with Crippen LogP contribution in [0.1, 0.15) is 34.3 Å². The first-order valence-corrected chi connectivity index (χ1v) is 9.35. The third-order valence-electron chi connectivity index (χ3n) is 4.19. The van der Waals surface area contributed by atoms with Gasteiger partial charge in [0.15, 0.2) is 0 Å². The summed E-state index contributed by atoms with van der Waals surface area (Å²) in [6.07, 6.45) is 2.02. The van der Waals surface area contributed by atoms with Crippen molar-refractivity contribution in [3.05, 3.63) is 59.2 Å². The van der Waals surface area contributed by atoms with Gasteiger partial charge in [-0.15, -0.1) is 0 Å². The van der Waals surface area contributed by atoms with Gasteiger partial charge in [0.05, 0.1) is 10.6 Å². The molecule has 2 aromatic carbocycles. The first-order valence-electron chi connectivity index (χ1n) is 7.87. The molecule has 0 radical (unpaired) electrons. The molecule has 0 atom stereocenters. The van der Waals surface area contributed by atoms with Crippen molar-refractivity contribution in [2.24, 2.45) is 0 Å². The van der Waals surface area contributed by atoms with Gasteiger partial charge in [0, 0.05) is 11.6 Å². The molecule has 1 saturated carbocycles. The summed E-state index contributed by atoms with van der Waals surface area (Å²) in [4.78, 5) is 12.1. The Kier molecular flexibility index (Phi) is 4.32. The normalized spacial score (nSPS) is 14.2. The molecule has 1 amide bonds. The number of anilines is 1. The Bertz CT molecular complexity index is 870. The number of hydrogen-bond acceptors (Lipinski definition) is 3. The summed E-state index contributed by atoms with van der Waals surface area (Å²) in [5.41, 5.74) is 2.93. The number of amides is 1. The lowest BCUT2D eigenvalue weighted by Crippen LogP contribution is -2.25. The van der Waals surface area contributed by atoms with Crippen LogP contribution in [0.25, 0.3) is 0 Å². The Labute approximate surface area is 142 Å². The number of hydrogen-bond donors (Lipinski definition) is 2. The van der Waals surface area contributed by atoms with Gasteiger partial charge in [0.2, 0.25) is 0 Å². The van der Waals surface area contributed by atoms with Crippen LogP contribution in [0.2, 0.25) is 0 Å². The van der Waals surface area contributed by atoms with Crippen molar-refractivity contribution in [1.82, 2.24) is 5.32 Å². The van der Waals surface area contributed by atoms with E-state index in [-0.39, 0.29) is 16.8 Å². The number of rotatable bonds is 5. The minimum absolute atomic E-state index is 0.131. The molecule has 1 fully saturated rings. The molecule has 0 aliphatic heterocycles. The zero-order chi connectivity index (χ0) is 17.3. The van der Waals surface area contributed by atoms with E-state index in [9.17, 15) is 13.2 Å². The number of carbonyl (C=O) groups excluding carboxylic acids is 1. The molecule has 3 rings (SSSR count). The standard InChI is InChI=1S/C18H20N2O3S/c1-12-4-3-5-17(13(12)2)20-24(22,23)16-10-6-14(7-11-16)18(21)19-15-8-9-15/h3-7,10-11,15,20H,8-9H2,1-2H3,(H,19,21). The minimum Gasteiger partial charge on any atom is -0.349 e. The molecular weight excluding hydrogens is 324 g/mol. The maximum absolute atomic E-state index is 12.5. The van der Waals surface area contributed by atoms with Crippen molar-refractivity contribution >= 4 is 21.6 Å². The van der Waals surface area contributed by atoms with E-state index in [2.05, 4.69) is 10.0 Å². The van der Waals surface area contributed by atoms with Gasteiger partial charge in [-0.2, -0.15) is 0 Å². The Hall–Kier alpha value is -2.34. The van der Waals surface area contributed by atoms with Gasteiger partial charge in [0.25, 0.3) is 15.9 Å². The summed E-state index contributed by atoms with van der Waals surface area (Å²) in [5, 5.41) is 2.88. The number of nitrogens with one attached hydrogen (secondary N) is 2. The van der Waals surface area contributed by atoms with E-state index in [1.807, 2.05) is 26.0 Å². The van der Waals surface area contributed by atoms with E-state index in [1.165, 1.54) is 24.3 Å². The van der Waals surface area contributed by atoms with Gasteiger partial charge in [0.1, 0.15) is 0 Å². The molecule has 5 nitrogen and oxygen atoms in total. The lowest BCUT2D eigenvalue weighted by atomic mass is 10.1. The van der Waals surface area contributed by atoms with Crippen molar-refractivity contribution in [1.29, 1.82) is 0 Å². The van der Waals surface area contributed by atoms with Gasteiger partial charge >= 0.3 is 0 Å². The highest BCUT2D eigenvalue weighted by Crippen LogP contribution is 2.23. The quantitative estimate of drug-likeness (QED) is 0.875. The number of aryl methyl sites for hydroxylation is 1. The summed E-state index contributed by atoms with van der Waals surface area (Å²) in [6.45, 7) is 3.80. The van der Waals surface area contributed by atoms with Crippen LogP contribution in [0.5, 0.6) is 0 Å². The number of carbonyl (C=O) groups is 1. The molecule has 24 heavy (non-hydrogen) atoms. The average molecular weight is 344 g/mol. The van der Waals surface area contributed by atoms with Crippen LogP contribution in [-0.4, -0.2) is 20.4 Å².